The monoisotopic (exact) mass is 300 g/mol. The number of aromatic amines is 1. The van der Waals surface area contributed by atoms with Gasteiger partial charge in [0.05, 0.1) is 6.10 Å². The molecule has 1 aromatic carbocycles. The van der Waals surface area contributed by atoms with Crippen molar-refractivity contribution in [3.8, 4) is 5.75 Å². The first-order valence-electron chi connectivity index (χ1n) is 7.62. The molecule has 5 nitrogen and oxygen atoms in total. The fraction of sp³-hybridized carbons (Fsp3) is 0.353. The predicted octanol–water partition coefficient (Wildman–Crippen LogP) is 2.95. The zero-order chi connectivity index (χ0) is 15.4. The third kappa shape index (κ3) is 3.49. The van der Waals surface area contributed by atoms with Crippen LogP contribution in [0.15, 0.2) is 42.6 Å². The van der Waals surface area contributed by atoms with Crippen LogP contribution in [0.4, 0.5) is 5.69 Å². The van der Waals surface area contributed by atoms with Crippen LogP contribution in [-0.4, -0.2) is 28.2 Å². The molecule has 2 unspecified atom stereocenters. The first-order chi connectivity index (χ1) is 10.7. The van der Waals surface area contributed by atoms with Crippen LogP contribution >= 0.6 is 0 Å². The lowest BCUT2D eigenvalue weighted by Gasteiger charge is -2.28. The smallest absolute Gasteiger partial charge is 0.272 e. The molecule has 0 radical (unpaired) electrons. The van der Waals surface area contributed by atoms with E-state index < -0.39 is 0 Å². The standard InChI is InChI=1S/C17H20N2O3/c20-15-5-1-2-6-16(15)22-13-9-7-12(8-10-13)19-17(21)14-4-3-11-18-14/h3-4,7-11,15-16,18,20H,1-2,5-6H2,(H,19,21). The van der Waals surface area contributed by atoms with Gasteiger partial charge in [0.2, 0.25) is 0 Å². The summed E-state index contributed by atoms with van der Waals surface area (Å²) >= 11 is 0. The molecule has 0 bridgehead atoms. The second kappa shape index (κ2) is 6.66. The molecule has 1 saturated carbocycles. The molecule has 0 saturated heterocycles. The van der Waals surface area contributed by atoms with Gasteiger partial charge in [-0.3, -0.25) is 4.79 Å². The van der Waals surface area contributed by atoms with E-state index in [1.165, 1.54) is 0 Å². The number of anilines is 1. The van der Waals surface area contributed by atoms with Crippen molar-refractivity contribution in [3.63, 3.8) is 0 Å². The predicted molar refractivity (Wildman–Crippen MR) is 84.1 cm³/mol. The Morgan fingerprint density at radius 2 is 1.95 bits per heavy atom. The zero-order valence-electron chi connectivity index (χ0n) is 12.3. The molecule has 1 fully saturated rings. The summed E-state index contributed by atoms with van der Waals surface area (Å²) < 4.78 is 5.83. The van der Waals surface area contributed by atoms with Gasteiger partial charge in [0.25, 0.3) is 5.91 Å². The van der Waals surface area contributed by atoms with Gasteiger partial charge in [-0.25, -0.2) is 0 Å². The maximum absolute atomic E-state index is 11.9. The minimum Gasteiger partial charge on any atom is -0.488 e. The molecule has 2 aromatic rings. The highest BCUT2D eigenvalue weighted by Crippen LogP contribution is 2.25. The molecule has 1 aromatic heterocycles. The van der Waals surface area contributed by atoms with E-state index in [4.69, 9.17) is 4.74 Å². The van der Waals surface area contributed by atoms with Crippen molar-refractivity contribution in [2.75, 3.05) is 5.32 Å². The van der Waals surface area contributed by atoms with Gasteiger partial charge in [-0.15, -0.1) is 0 Å². The number of amides is 1. The van der Waals surface area contributed by atoms with Crippen molar-refractivity contribution in [3.05, 3.63) is 48.3 Å². The van der Waals surface area contributed by atoms with Crippen LogP contribution in [0.25, 0.3) is 0 Å². The van der Waals surface area contributed by atoms with Crippen molar-refractivity contribution >= 4 is 11.6 Å². The number of benzene rings is 1. The van der Waals surface area contributed by atoms with Crippen LogP contribution in [0.2, 0.25) is 0 Å². The van der Waals surface area contributed by atoms with Crippen LogP contribution in [0.1, 0.15) is 36.2 Å². The molecule has 3 rings (SSSR count). The minimum absolute atomic E-state index is 0.131. The van der Waals surface area contributed by atoms with E-state index in [0.29, 0.717) is 17.1 Å². The van der Waals surface area contributed by atoms with Gasteiger partial charge in [0.1, 0.15) is 17.5 Å². The molecule has 1 heterocycles. The van der Waals surface area contributed by atoms with E-state index in [1.807, 2.05) is 12.1 Å². The summed E-state index contributed by atoms with van der Waals surface area (Å²) in [5.41, 5.74) is 1.22. The quantitative estimate of drug-likeness (QED) is 0.812. The molecular weight excluding hydrogens is 280 g/mol. The second-order valence-corrected chi connectivity index (χ2v) is 5.57. The molecule has 0 aliphatic heterocycles. The lowest BCUT2D eigenvalue weighted by molar-refractivity contribution is 0.00688. The number of hydrogen-bond acceptors (Lipinski definition) is 3. The van der Waals surface area contributed by atoms with E-state index in [0.717, 1.165) is 25.7 Å². The van der Waals surface area contributed by atoms with Crippen LogP contribution in [0, 0.1) is 0 Å². The summed E-state index contributed by atoms with van der Waals surface area (Å²) in [5.74, 6) is 0.533. The van der Waals surface area contributed by atoms with Crippen molar-refractivity contribution in [2.45, 2.75) is 37.9 Å². The SMILES string of the molecule is O=C(Nc1ccc(OC2CCCCC2O)cc1)c1ccc[nH]1. The largest absolute Gasteiger partial charge is 0.488 e. The molecule has 2 atom stereocenters. The summed E-state index contributed by atoms with van der Waals surface area (Å²) in [5, 5.41) is 12.7. The number of aliphatic hydroxyl groups is 1. The van der Waals surface area contributed by atoms with E-state index in [9.17, 15) is 9.90 Å². The minimum atomic E-state index is -0.388. The number of hydrogen-bond donors (Lipinski definition) is 3. The number of aromatic nitrogens is 1. The van der Waals surface area contributed by atoms with Crippen molar-refractivity contribution in [2.24, 2.45) is 0 Å². The topological polar surface area (TPSA) is 74.3 Å². The number of rotatable bonds is 4. The molecule has 3 N–H and O–H groups in total. The Hall–Kier alpha value is -2.27. The van der Waals surface area contributed by atoms with Gasteiger partial charge in [0.15, 0.2) is 0 Å². The molecule has 116 valence electrons. The molecule has 5 heteroatoms. The lowest BCUT2D eigenvalue weighted by atomic mass is 9.95. The third-order valence-electron chi connectivity index (χ3n) is 3.91. The Balaban J connectivity index is 1.59. The van der Waals surface area contributed by atoms with Crippen molar-refractivity contribution in [1.82, 2.24) is 4.98 Å². The molecule has 1 aliphatic rings. The Morgan fingerprint density at radius 3 is 2.64 bits per heavy atom. The molecular formula is C17H20N2O3. The van der Waals surface area contributed by atoms with Gasteiger partial charge in [-0.05, 0) is 55.7 Å². The molecule has 1 aliphatic carbocycles. The van der Waals surface area contributed by atoms with Crippen LogP contribution in [0.3, 0.4) is 0 Å². The van der Waals surface area contributed by atoms with Gasteiger partial charge in [-0.1, -0.05) is 6.42 Å². The van der Waals surface area contributed by atoms with Crippen molar-refractivity contribution < 1.29 is 14.6 Å². The first kappa shape index (κ1) is 14.7. The summed E-state index contributed by atoms with van der Waals surface area (Å²) in [6.07, 6.45) is 5.02. The normalized spacial score (nSPS) is 21.3. The van der Waals surface area contributed by atoms with Gasteiger partial charge < -0.3 is 20.1 Å². The zero-order valence-corrected chi connectivity index (χ0v) is 12.3. The Kier molecular flexibility index (Phi) is 4.44. The average molecular weight is 300 g/mol. The van der Waals surface area contributed by atoms with Crippen LogP contribution in [-0.2, 0) is 0 Å². The third-order valence-corrected chi connectivity index (χ3v) is 3.91. The van der Waals surface area contributed by atoms with Crippen LogP contribution in [0.5, 0.6) is 5.75 Å². The number of carbonyl (C=O) groups excluding carboxylic acids is 1. The second-order valence-electron chi connectivity index (χ2n) is 5.57. The Labute approximate surface area is 129 Å². The van der Waals surface area contributed by atoms with E-state index in [2.05, 4.69) is 10.3 Å². The Morgan fingerprint density at radius 1 is 1.18 bits per heavy atom. The maximum Gasteiger partial charge on any atom is 0.272 e. The van der Waals surface area contributed by atoms with Crippen molar-refractivity contribution in [1.29, 1.82) is 0 Å². The fourth-order valence-electron chi connectivity index (χ4n) is 2.68. The average Bonchev–Trinajstić information content (AvgIpc) is 3.06. The Bertz CT molecular complexity index is 607. The molecule has 0 spiro atoms. The molecule has 1 amide bonds. The number of carbonyl (C=O) groups is 1. The lowest BCUT2D eigenvalue weighted by Crippen LogP contribution is -2.34. The number of ether oxygens (including phenoxy) is 1. The highest BCUT2D eigenvalue weighted by atomic mass is 16.5. The highest BCUT2D eigenvalue weighted by molar-refractivity contribution is 6.02. The summed E-state index contributed by atoms with van der Waals surface area (Å²) in [6, 6.07) is 10.7. The fourth-order valence-corrected chi connectivity index (χ4v) is 2.68. The number of H-pyrrole nitrogens is 1. The summed E-state index contributed by atoms with van der Waals surface area (Å²) in [7, 11) is 0. The number of aliphatic hydroxyl groups excluding tert-OH is 1. The van der Waals surface area contributed by atoms with E-state index in [1.54, 1.807) is 30.5 Å². The molecule has 22 heavy (non-hydrogen) atoms. The first-order valence-corrected chi connectivity index (χ1v) is 7.62. The summed E-state index contributed by atoms with van der Waals surface area (Å²) in [4.78, 5) is 14.8. The van der Waals surface area contributed by atoms with E-state index >= 15 is 0 Å². The van der Waals surface area contributed by atoms with Gasteiger partial charge in [0, 0.05) is 11.9 Å². The van der Waals surface area contributed by atoms with E-state index in [-0.39, 0.29) is 18.1 Å². The highest BCUT2D eigenvalue weighted by Gasteiger charge is 2.24. The maximum atomic E-state index is 11.9. The van der Waals surface area contributed by atoms with Gasteiger partial charge in [-0.2, -0.15) is 0 Å². The summed E-state index contributed by atoms with van der Waals surface area (Å²) in [6.45, 7) is 0. The van der Waals surface area contributed by atoms with Crippen LogP contribution < -0.4 is 10.1 Å². The number of nitrogens with one attached hydrogen (secondary N) is 2. The van der Waals surface area contributed by atoms with Gasteiger partial charge >= 0.3 is 0 Å².